The van der Waals surface area contributed by atoms with Crippen molar-refractivity contribution in [1.29, 1.82) is 0 Å². The largest absolute Gasteiger partial charge is 0.450 e. The lowest BCUT2D eigenvalue weighted by atomic mass is 10.0. The van der Waals surface area contributed by atoms with Gasteiger partial charge in [0, 0.05) is 0 Å². The summed E-state index contributed by atoms with van der Waals surface area (Å²) in [7, 11) is 0. The molecule has 0 aliphatic carbocycles. The topological polar surface area (TPSA) is 38.3 Å². The number of hydrogen-bond acceptors (Lipinski definition) is 2. The van der Waals surface area contributed by atoms with Crippen LogP contribution in [0, 0.1) is 5.92 Å². The molecule has 2 atom stereocenters. The van der Waals surface area contributed by atoms with Crippen LogP contribution in [0.15, 0.2) is 42.0 Å². The van der Waals surface area contributed by atoms with Crippen LogP contribution >= 0.6 is 0 Å². The highest BCUT2D eigenvalue weighted by Gasteiger charge is 2.14. The molecule has 0 saturated carbocycles. The van der Waals surface area contributed by atoms with Crippen molar-refractivity contribution in [1.82, 2.24) is 5.32 Å². The number of amides is 1. The third-order valence-electron chi connectivity index (χ3n) is 4.13. The number of ether oxygens (including phenoxy) is 1. The van der Waals surface area contributed by atoms with Gasteiger partial charge in [0.2, 0.25) is 0 Å². The fourth-order valence-corrected chi connectivity index (χ4v) is 2.63. The molecule has 0 bridgehead atoms. The molecule has 0 heterocycles. The van der Waals surface area contributed by atoms with Gasteiger partial charge in [-0.25, -0.2) is 4.79 Å². The average Bonchev–Trinajstić information content (AvgIpc) is 2.55. The first-order valence-corrected chi connectivity index (χ1v) is 9.14. The van der Waals surface area contributed by atoms with E-state index in [1.807, 2.05) is 30.3 Å². The van der Waals surface area contributed by atoms with Crippen molar-refractivity contribution in [2.45, 2.75) is 65.8 Å². The van der Waals surface area contributed by atoms with Gasteiger partial charge in [0.1, 0.15) is 0 Å². The second kappa shape index (κ2) is 11.7. The number of hydrogen-bond donors (Lipinski definition) is 1. The highest BCUT2D eigenvalue weighted by Crippen LogP contribution is 2.18. The molecule has 0 aliphatic rings. The van der Waals surface area contributed by atoms with Crippen LogP contribution in [0.2, 0.25) is 0 Å². The van der Waals surface area contributed by atoms with E-state index in [1.54, 1.807) is 0 Å². The summed E-state index contributed by atoms with van der Waals surface area (Å²) in [6.45, 7) is 9.06. The van der Waals surface area contributed by atoms with Gasteiger partial charge in [0.05, 0.1) is 12.6 Å². The summed E-state index contributed by atoms with van der Waals surface area (Å²) in [6, 6.07) is 10.1. The second-order valence-corrected chi connectivity index (χ2v) is 6.78. The van der Waals surface area contributed by atoms with Crippen molar-refractivity contribution < 1.29 is 9.53 Å². The zero-order chi connectivity index (χ0) is 17.8. The maximum atomic E-state index is 12.0. The quantitative estimate of drug-likeness (QED) is 0.532. The number of rotatable bonds is 10. The SMILES string of the molecule is CCC[C@H](NC(=O)OCC[C@@H](C)CCC=C(C)C)c1ccccc1. The van der Waals surface area contributed by atoms with Crippen molar-refractivity contribution >= 4 is 6.09 Å². The minimum absolute atomic E-state index is 0.0267. The Morgan fingerprint density at radius 1 is 1.17 bits per heavy atom. The monoisotopic (exact) mass is 331 g/mol. The van der Waals surface area contributed by atoms with Crippen molar-refractivity contribution in [3.8, 4) is 0 Å². The second-order valence-electron chi connectivity index (χ2n) is 6.78. The maximum absolute atomic E-state index is 12.0. The van der Waals surface area contributed by atoms with Crippen LogP contribution < -0.4 is 5.32 Å². The van der Waals surface area contributed by atoms with E-state index in [0.717, 1.165) is 37.7 Å². The lowest BCUT2D eigenvalue weighted by Gasteiger charge is -2.19. The first-order valence-electron chi connectivity index (χ1n) is 9.14. The van der Waals surface area contributed by atoms with Gasteiger partial charge < -0.3 is 10.1 Å². The number of allylic oxidation sites excluding steroid dienone is 2. The smallest absolute Gasteiger partial charge is 0.407 e. The normalized spacial score (nSPS) is 13.0. The molecular weight excluding hydrogens is 298 g/mol. The molecule has 1 N–H and O–H groups in total. The summed E-state index contributed by atoms with van der Waals surface area (Å²) >= 11 is 0. The number of carbonyl (C=O) groups is 1. The molecule has 3 heteroatoms. The van der Waals surface area contributed by atoms with Crippen LogP contribution in [0.5, 0.6) is 0 Å². The van der Waals surface area contributed by atoms with Crippen LogP contribution in [0.3, 0.4) is 0 Å². The molecule has 1 amide bonds. The Kier molecular flexibility index (Phi) is 9.90. The first kappa shape index (κ1) is 20.3. The highest BCUT2D eigenvalue weighted by atomic mass is 16.5. The summed E-state index contributed by atoms with van der Waals surface area (Å²) in [5, 5.41) is 3.00. The van der Waals surface area contributed by atoms with Crippen molar-refractivity contribution in [3.63, 3.8) is 0 Å². The Hall–Kier alpha value is -1.77. The van der Waals surface area contributed by atoms with Crippen LogP contribution in [0.25, 0.3) is 0 Å². The molecule has 1 aromatic rings. The molecule has 1 rings (SSSR count). The molecule has 1 aromatic carbocycles. The molecular formula is C21H33NO2. The molecule has 0 radical (unpaired) electrons. The van der Waals surface area contributed by atoms with E-state index < -0.39 is 0 Å². The minimum Gasteiger partial charge on any atom is -0.450 e. The van der Waals surface area contributed by atoms with Crippen LogP contribution in [0.4, 0.5) is 4.79 Å². The van der Waals surface area contributed by atoms with Crippen LogP contribution in [0.1, 0.15) is 71.4 Å². The van der Waals surface area contributed by atoms with Gasteiger partial charge in [-0.3, -0.25) is 0 Å². The summed E-state index contributed by atoms with van der Waals surface area (Å²) < 4.78 is 5.37. The van der Waals surface area contributed by atoms with E-state index in [0.29, 0.717) is 12.5 Å². The van der Waals surface area contributed by atoms with Gasteiger partial charge in [-0.1, -0.05) is 62.2 Å². The summed E-state index contributed by atoms with van der Waals surface area (Å²) in [4.78, 5) is 12.0. The number of benzene rings is 1. The third-order valence-corrected chi connectivity index (χ3v) is 4.13. The molecule has 0 fully saturated rings. The fourth-order valence-electron chi connectivity index (χ4n) is 2.63. The van der Waals surface area contributed by atoms with Gasteiger partial charge in [0.15, 0.2) is 0 Å². The Labute approximate surface area is 147 Å². The number of nitrogens with one attached hydrogen (secondary N) is 1. The molecule has 3 nitrogen and oxygen atoms in total. The Balaban J connectivity index is 2.32. The molecule has 134 valence electrons. The zero-order valence-electron chi connectivity index (χ0n) is 15.7. The third kappa shape index (κ3) is 8.76. The Bertz CT molecular complexity index is 492. The van der Waals surface area contributed by atoms with Gasteiger partial charge in [-0.05, 0) is 51.0 Å². The van der Waals surface area contributed by atoms with E-state index in [1.165, 1.54) is 5.57 Å². The molecule has 0 saturated heterocycles. The van der Waals surface area contributed by atoms with Crippen molar-refractivity contribution in [2.75, 3.05) is 6.61 Å². The Morgan fingerprint density at radius 3 is 2.50 bits per heavy atom. The molecule has 0 aliphatic heterocycles. The van der Waals surface area contributed by atoms with E-state index in [4.69, 9.17) is 4.74 Å². The zero-order valence-corrected chi connectivity index (χ0v) is 15.7. The van der Waals surface area contributed by atoms with Gasteiger partial charge in [0.25, 0.3) is 0 Å². The predicted octanol–water partition coefficient (Wildman–Crippen LogP) is 6.03. The van der Waals surface area contributed by atoms with Crippen molar-refractivity contribution in [2.24, 2.45) is 5.92 Å². The summed E-state index contributed by atoms with van der Waals surface area (Å²) in [5.74, 6) is 0.564. The summed E-state index contributed by atoms with van der Waals surface area (Å²) in [6.07, 6.45) is 7.03. The standard InChI is InChI=1S/C21H33NO2/c1-5-10-20(19-13-7-6-8-14-19)22-21(23)24-16-15-18(4)12-9-11-17(2)3/h6-8,11,13-14,18,20H,5,9-10,12,15-16H2,1-4H3,(H,22,23)/t18-,20-/m0/s1. The van der Waals surface area contributed by atoms with Gasteiger partial charge in [-0.15, -0.1) is 0 Å². The fraction of sp³-hybridized carbons (Fsp3) is 0.571. The maximum Gasteiger partial charge on any atom is 0.407 e. The van der Waals surface area contributed by atoms with E-state index in [-0.39, 0.29) is 12.1 Å². The van der Waals surface area contributed by atoms with E-state index in [9.17, 15) is 4.79 Å². The number of carbonyl (C=O) groups excluding carboxylic acids is 1. The molecule has 0 spiro atoms. The Morgan fingerprint density at radius 2 is 1.88 bits per heavy atom. The molecule has 0 unspecified atom stereocenters. The molecule has 24 heavy (non-hydrogen) atoms. The predicted molar refractivity (Wildman–Crippen MR) is 101 cm³/mol. The highest BCUT2D eigenvalue weighted by molar-refractivity contribution is 5.67. The van der Waals surface area contributed by atoms with Crippen LogP contribution in [-0.2, 0) is 4.74 Å². The minimum atomic E-state index is -0.311. The molecule has 0 aromatic heterocycles. The van der Waals surface area contributed by atoms with E-state index in [2.05, 4.69) is 39.1 Å². The average molecular weight is 331 g/mol. The van der Waals surface area contributed by atoms with Crippen LogP contribution in [-0.4, -0.2) is 12.7 Å². The van der Waals surface area contributed by atoms with Gasteiger partial charge >= 0.3 is 6.09 Å². The lowest BCUT2D eigenvalue weighted by molar-refractivity contribution is 0.134. The van der Waals surface area contributed by atoms with Gasteiger partial charge in [-0.2, -0.15) is 0 Å². The number of alkyl carbamates (subject to hydrolysis) is 1. The van der Waals surface area contributed by atoms with Crippen molar-refractivity contribution in [3.05, 3.63) is 47.5 Å². The first-order chi connectivity index (χ1) is 11.5. The lowest BCUT2D eigenvalue weighted by Crippen LogP contribution is -2.29. The summed E-state index contributed by atoms with van der Waals surface area (Å²) in [5.41, 5.74) is 2.49. The van der Waals surface area contributed by atoms with E-state index >= 15 is 0 Å².